The number of rotatable bonds is 2. The smallest absolute Gasteiger partial charge is 0.243 e. The van der Waals surface area contributed by atoms with Gasteiger partial charge in [-0.15, -0.1) is 10.2 Å². The van der Waals surface area contributed by atoms with Gasteiger partial charge in [0.25, 0.3) is 0 Å². The average molecular weight is 350 g/mol. The van der Waals surface area contributed by atoms with E-state index in [-0.39, 0.29) is 17.0 Å². The number of benzene rings is 1. The van der Waals surface area contributed by atoms with Crippen LogP contribution in [-0.4, -0.2) is 39.6 Å². The predicted octanol–water partition coefficient (Wildman–Crippen LogP) is 1.81. The van der Waals surface area contributed by atoms with Gasteiger partial charge in [-0.05, 0) is 50.5 Å². The van der Waals surface area contributed by atoms with Gasteiger partial charge in [-0.25, -0.2) is 12.8 Å². The minimum atomic E-state index is -3.66. The Balaban J connectivity index is 1.75. The van der Waals surface area contributed by atoms with E-state index in [1.807, 2.05) is 11.5 Å². The van der Waals surface area contributed by atoms with Crippen molar-refractivity contribution in [2.75, 3.05) is 0 Å². The lowest BCUT2D eigenvalue weighted by molar-refractivity contribution is 0.314. The minimum Gasteiger partial charge on any atom is -0.314 e. The van der Waals surface area contributed by atoms with Gasteiger partial charge in [0.15, 0.2) is 0 Å². The molecule has 2 aliphatic rings. The van der Waals surface area contributed by atoms with E-state index in [9.17, 15) is 12.8 Å². The van der Waals surface area contributed by atoms with Crippen LogP contribution in [0.5, 0.6) is 0 Å². The molecule has 0 spiro atoms. The van der Waals surface area contributed by atoms with Crippen LogP contribution in [0, 0.1) is 19.7 Å². The van der Waals surface area contributed by atoms with Crippen LogP contribution in [0.1, 0.15) is 30.1 Å². The largest absolute Gasteiger partial charge is 0.314 e. The quantitative estimate of drug-likeness (QED) is 0.828. The molecule has 2 aliphatic heterocycles. The summed E-state index contributed by atoms with van der Waals surface area (Å²) < 4.78 is 43.5. The molecule has 1 aromatic heterocycles. The van der Waals surface area contributed by atoms with Crippen molar-refractivity contribution in [1.82, 2.24) is 19.1 Å². The zero-order valence-electron chi connectivity index (χ0n) is 13.6. The molecule has 1 fully saturated rings. The van der Waals surface area contributed by atoms with Crippen LogP contribution in [0.15, 0.2) is 23.1 Å². The van der Waals surface area contributed by atoms with E-state index in [2.05, 4.69) is 10.2 Å². The summed E-state index contributed by atoms with van der Waals surface area (Å²) in [5.74, 6) is 1.26. The van der Waals surface area contributed by atoms with Crippen molar-refractivity contribution in [1.29, 1.82) is 0 Å². The molecule has 8 heteroatoms. The van der Waals surface area contributed by atoms with E-state index in [1.165, 1.54) is 18.2 Å². The van der Waals surface area contributed by atoms with Crippen LogP contribution >= 0.6 is 0 Å². The molecule has 4 rings (SSSR count). The molecule has 0 unspecified atom stereocenters. The molecule has 0 amide bonds. The maximum atomic E-state index is 13.5. The van der Waals surface area contributed by atoms with E-state index in [0.717, 1.165) is 24.5 Å². The van der Waals surface area contributed by atoms with Crippen LogP contribution in [0.4, 0.5) is 4.39 Å². The number of sulfonamides is 1. The van der Waals surface area contributed by atoms with Crippen molar-refractivity contribution < 1.29 is 12.8 Å². The highest BCUT2D eigenvalue weighted by Gasteiger charge is 2.45. The summed E-state index contributed by atoms with van der Waals surface area (Å²) in [6.07, 6.45) is 2.20. The van der Waals surface area contributed by atoms with Crippen LogP contribution in [0.3, 0.4) is 0 Å². The van der Waals surface area contributed by atoms with E-state index in [4.69, 9.17) is 0 Å². The lowest BCUT2D eigenvalue weighted by atomic mass is 10.1. The number of aryl methyl sites for hydroxylation is 2. The maximum Gasteiger partial charge on any atom is 0.243 e. The highest BCUT2D eigenvalue weighted by Crippen LogP contribution is 2.36. The van der Waals surface area contributed by atoms with Gasteiger partial charge in [0.2, 0.25) is 10.0 Å². The van der Waals surface area contributed by atoms with Crippen LogP contribution in [-0.2, 0) is 23.0 Å². The standard InChI is InChI=1S/C16H19FN4O2S/c1-10-7-14(5-6-15(10)17)24(22,23)21-12-3-4-13(21)9-20-11(2)18-19-16(20)8-12/h5-7,12-13H,3-4,8-9H2,1-2H3/t12-,13+/m0/s1. The fourth-order valence-electron chi connectivity index (χ4n) is 3.83. The van der Waals surface area contributed by atoms with Gasteiger partial charge in [0, 0.05) is 25.0 Å². The number of halogens is 1. The van der Waals surface area contributed by atoms with E-state index in [0.29, 0.717) is 18.5 Å². The van der Waals surface area contributed by atoms with Crippen LogP contribution in [0.2, 0.25) is 0 Å². The molecule has 6 nitrogen and oxygen atoms in total. The third kappa shape index (κ3) is 2.28. The number of hydrogen-bond donors (Lipinski definition) is 0. The lowest BCUT2D eigenvalue weighted by Crippen LogP contribution is -2.42. The van der Waals surface area contributed by atoms with Gasteiger partial charge in [0.1, 0.15) is 17.5 Å². The maximum absolute atomic E-state index is 13.5. The Morgan fingerprint density at radius 3 is 2.67 bits per heavy atom. The lowest BCUT2D eigenvalue weighted by Gasteiger charge is -2.27. The molecule has 24 heavy (non-hydrogen) atoms. The Hall–Kier alpha value is -1.80. The van der Waals surface area contributed by atoms with Crippen LogP contribution < -0.4 is 0 Å². The van der Waals surface area contributed by atoms with Crippen molar-refractivity contribution in [2.24, 2.45) is 0 Å². The summed E-state index contributed by atoms with van der Waals surface area (Å²) in [5.41, 5.74) is 0.339. The molecule has 1 saturated heterocycles. The Kier molecular flexibility index (Phi) is 3.50. The number of hydrogen-bond acceptors (Lipinski definition) is 4. The van der Waals surface area contributed by atoms with Gasteiger partial charge in [-0.3, -0.25) is 0 Å². The first-order valence-corrected chi connectivity index (χ1v) is 9.50. The molecule has 1 aromatic carbocycles. The molecule has 0 saturated carbocycles. The van der Waals surface area contributed by atoms with Gasteiger partial charge >= 0.3 is 0 Å². The Morgan fingerprint density at radius 2 is 1.92 bits per heavy atom. The highest BCUT2D eigenvalue weighted by atomic mass is 32.2. The highest BCUT2D eigenvalue weighted by molar-refractivity contribution is 7.89. The predicted molar refractivity (Wildman–Crippen MR) is 85.4 cm³/mol. The van der Waals surface area contributed by atoms with E-state index < -0.39 is 15.8 Å². The SMILES string of the molecule is Cc1cc(S(=O)(=O)N2[C@@H]3CC[C@H]2Cc2nnc(C)n2C3)ccc1F. The van der Waals surface area contributed by atoms with Crippen molar-refractivity contribution in [3.8, 4) is 0 Å². The third-order valence-electron chi connectivity index (χ3n) is 5.08. The number of fused-ring (bicyclic) bond motifs is 3. The molecule has 3 heterocycles. The summed E-state index contributed by atoms with van der Waals surface area (Å²) in [6.45, 7) is 4.04. The van der Waals surface area contributed by atoms with Gasteiger partial charge in [-0.1, -0.05) is 0 Å². The number of aromatic nitrogens is 3. The topological polar surface area (TPSA) is 68.1 Å². The summed E-state index contributed by atoms with van der Waals surface area (Å²) in [4.78, 5) is 0.160. The fourth-order valence-corrected chi connectivity index (χ4v) is 5.77. The zero-order valence-corrected chi connectivity index (χ0v) is 14.4. The number of nitrogens with zero attached hydrogens (tertiary/aromatic N) is 4. The van der Waals surface area contributed by atoms with Crippen molar-refractivity contribution in [2.45, 2.75) is 56.6 Å². The van der Waals surface area contributed by atoms with Gasteiger partial charge in [0.05, 0.1) is 4.90 Å². The summed E-state index contributed by atoms with van der Waals surface area (Å²) >= 11 is 0. The first kappa shape index (κ1) is 15.7. The molecule has 2 bridgehead atoms. The average Bonchev–Trinajstić information content (AvgIpc) is 3.01. The van der Waals surface area contributed by atoms with Crippen LogP contribution in [0.25, 0.3) is 0 Å². The van der Waals surface area contributed by atoms with Crippen molar-refractivity contribution in [3.05, 3.63) is 41.2 Å². The molecule has 0 aliphatic carbocycles. The second kappa shape index (κ2) is 5.35. The Labute approximate surface area is 140 Å². The van der Waals surface area contributed by atoms with E-state index >= 15 is 0 Å². The Bertz CT molecular complexity index is 909. The Morgan fingerprint density at radius 1 is 1.17 bits per heavy atom. The summed E-state index contributed by atoms with van der Waals surface area (Å²) in [5, 5.41) is 8.30. The summed E-state index contributed by atoms with van der Waals surface area (Å²) in [6, 6.07) is 3.77. The minimum absolute atomic E-state index is 0.110. The normalized spacial score (nSPS) is 24.0. The first-order chi connectivity index (χ1) is 11.4. The second-order valence-electron chi connectivity index (χ2n) is 6.61. The van der Waals surface area contributed by atoms with Crippen molar-refractivity contribution >= 4 is 10.0 Å². The van der Waals surface area contributed by atoms with Gasteiger partial charge < -0.3 is 4.57 Å². The monoisotopic (exact) mass is 350 g/mol. The molecule has 0 N–H and O–H groups in total. The van der Waals surface area contributed by atoms with E-state index in [1.54, 1.807) is 11.2 Å². The molecular formula is C16H19FN4O2S. The molecule has 128 valence electrons. The second-order valence-corrected chi connectivity index (χ2v) is 8.45. The van der Waals surface area contributed by atoms with Gasteiger partial charge in [-0.2, -0.15) is 4.31 Å². The summed E-state index contributed by atoms with van der Waals surface area (Å²) in [7, 11) is -3.66. The molecule has 2 aromatic rings. The molecule has 2 atom stereocenters. The molecular weight excluding hydrogens is 331 g/mol. The zero-order chi connectivity index (χ0) is 17.1. The first-order valence-electron chi connectivity index (χ1n) is 8.06. The molecule has 0 radical (unpaired) electrons. The van der Waals surface area contributed by atoms with Crippen molar-refractivity contribution in [3.63, 3.8) is 0 Å². The fraction of sp³-hybridized carbons (Fsp3) is 0.500. The third-order valence-corrected chi connectivity index (χ3v) is 7.08.